The number of benzene rings is 1. The van der Waals surface area contributed by atoms with Gasteiger partial charge in [0.1, 0.15) is 16.6 Å². The number of aromatic nitrogens is 3. The van der Waals surface area contributed by atoms with Crippen LogP contribution in [0.2, 0.25) is 5.15 Å². The second kappa shape index (κ2) is 6.83. The lowest BCUT2D eigenvalue weighted by atomic mass is 10.1. The van der Waals surface area contributed by atoms with Gasteiger partial charge in [-0.15, -0.1) is 13.2 Å². The lowest BCUT2D eigenvalue weighted by molar-refractivity contribution is -0.274. The molecule has 0 aliphatic heterocycles. The van der Waals surface area contributed by atoms with E-state index in [1.807, 2.05) is 0 Å². The summed E-state index contributed by atoms with van der Waals surface area (Å²) < 4.78 is 47.6. The zero-order valence-corrected chi connectivity index (χ0v) is 14.0. The molecule has 0 atom stereocenters. The van der Waals surface area contributed by atoms with Crippen molar-refractivity contribution >= 4 is 23.2 Å². The Bertz CT molecular complexity index is 972. The summed E-state index contributed by atoms with van der Waals surface area (Å²) in [6.07, 6.45) is -4.84. The van der Waals surface area contributed by atoms with Crippen molar-refractivity contribution in [2.75, 3.05) is 6.61 Å². The maximum atomic E-state index is 12.5. The highest BCUT2D eigenvalue weighted by Gasteiger charge is 2.31. The van der Waals surface area contributed by atoms with E-state index in [4.69, 9.17) is 16.3 Å². The van der Waals surface area contributed by atoms with Crippen LogP contribution in [0, 0.1) is 0 Å². The number of carbonyl (C=O) groups excluding carboxylic acids is 1. The highest BCUT2D eigenvalue weighted by Crippen LogP contribution is 2.31. The molecule has 0 N–H and O–H groups in total. The van der Waals surface area contributed by atoms with Gasteiger partial charge in [0.2, 0.25) is 0 Å². The van der Waals surface area contributed by atoms with Crippen LogP contribution in [0.25, 0.3) is 16.9 Å². The van der Waals surface area contributed by atoms with E-state index in [0.29, 0.717) is 0 Å². The summed E-state index contributed by atoms with van der Waals surface area (Å²) in [5.74, 6) is -1.17. The molecule has 3 aromatic rings. The molecule has 0 unspecified atom stereocenters. The largest absolute Gasteiger partial charge is 0.573 e. The van der Waals surface area contributed by atoms with E-state index in [9.17, 15) is 18.0 Å². The van der Waals surface area contributed by atoms with Crippen LogP contribution < -0.4 is 4.74 Å². The molecule has 0 aliphatic carbocycles. The molecule has 0 radical (unpaired) electrons. The number of hydrogen-bond acceptors (Lipinski definition) is 5. The molecule has 0 spiro atoms. The molecule has 26 heavy (non-hydrogen) atoms. The van der Waals surface area contributed by atoms with Crippen molar-refractivity contribution in [3.8, 4) is 17.0 Å². The van der Waals surface area contributed by atoms with E-state index in [1.54, 1.807) is 6.92 Å². The Balaban J connectivity index is 2.19. The lowest BCUT2D eigenvalue weighted by Gasteiger charge is -2.10. The van der Waals surface area contributed by atoms with Crippen molar-refractivity contribution in [3.63, 3.8) is 0 Å². The molecule has 0 saturated heterocycles. The SMILES string of the molecule is CCOC(=O)c1nc2ccc(Cl)nn2c1-c1cccc(OC(F)(F)F)c1. The van der Waals surface area contributed by atoms with E-state index in [-0.39, 0.29) is 34.4 Å². The number of halogens is 4. The zero-order chi connectivity index (χ0) is 18.9. The third-order valence-electron chi connectivity index (χ3n) is 3.25. The molecule has 10 heteroatoms. The van der Waals surface area contributed by atoms with Crippen molar-refractivity contribution in [1.82, 2.24) is 14.6 Å². The standard InChI is InChI=1S/C16H11ClF3N3O3/c1-2-25-15(24)13-14(23-12(21-13)7-6-11(17)22-23)9-4-3-5-10(8-9)26-16(18,19)20/h3-8H,2H2,1H3. The first-order valence-electron chi connectivity index (χ1n) is 7.37. The van der Waals surface area contributed by atoms with Crippen LogP contribution in [0.1, 0.15) is 17.4 Å². The first-order chi connectivity index (χ1) is 12.3. The van der Waals surface area contributed by atoms with Crippen LogP contribution in [0.3, 0.4) is 0 Å². The first-order valence-corrected chi connectivity index (χ1v) is 7.75. The number of alkyl halides is 3. The van der Waals surface area contributed by atoms with Crippen molar-refractivity contribution in [1.29, 1.82) is 0 Å². The molecule has 0 saturated carbocycles. The van der Waals surface area contributed by atoms with Gasteiger partial charge in [0.15, 0.2) is 11.3 Å². The van der Waals surface area contributed by atoms with Crippen molar-refractivity contribution in [2.45, 2.75) is 13.3 Å². The molecule has 0 aliphatic rings. The third kappa shape index (κ3) is 3.72. The van der Waals surface area contributed by atoms with Gasteiger partial charge in [-0.3, -0.25) is 0 Å². The van der Waals surface area contributed by atoms with Gasteiger partial charge in [0.25, 0.3) is 0 Å². The second-order valence-electron chi connectivity index (χ2n) is 5.03. The molecule has 0 bridgehead atoms. The fourth-order valence-corrected chi connectivity index (χ4v) is 2.49. The fourth-order valence-electron chi connectivity index (χ4n) is 2.35. The van der Waals surface area contributed by atoms with Gasteiger partial charge < -0.3 is 9.47 Å². The van der Waals surface area contributed by atoms with Gasteiger partial charge in [-0.2, -0.15) is 5.10 Å². The van der Waals surface area contributed by atoms with E-state index >= 15 is 0 Å². The van der Waals surface area contributed by atoms with Gasteiger partial charge >= 0.3 is 12.3 Å². The normalized spacial score (nSPS) is 11.6. The minimum Gasteiger partial charge on any atom is -0.461 e. The van der Waals surface area contributed by atoms with Crippen LogP contribution in [-0.4, -0.2) is 33.5 Å². The number of imidazole rings is 1. The first kappa shape index (κ1) is 18.0. The number of rotatable bonds is 4. The molecule has 0 amide bonds. The quantitative estimate of drug-likeness (QED) is 0.632. The molecule has 3 rings (SSSR count). The van der Waals surface area contributed by atoms with Crippen LogP contribution in [0.4, 0.5) is 13.2 Å². The third-order valence-corrected chi connectivity index (χ3v) is 3.46. The summed E-state index contributed by atoms with van der Waals surface area (Å²) in [6.45, 7) is 1.73. The zero-order valence-electron chi connectivity index (χ0n) is 13.2. The van der Waals surface area contributed by atoms with Crippen LogP contribution >= 0.6 is 11.6 Å². The number of fused-ring (bicyclic) bond motifs is 1. The van der Waals surface area contributed by atoms with Gasteiger partial charge in [-0.05, 0) is 31.2 Å². The van der Waals surface area contributed by atoms with Crippen molar-refractivity contribution in [2.24, 2.45) is 0 Å². The fraction of sp³-hybridized carbons (Fsp3) is 0.188. The summed E-state index contributed by atoms with van der Waals surface area (Å²) in [6, 6.07) is 8.13. The highest BCUT2D eigenvalue weighted by molar-refractivity contribution is 6.29. The van der Waals surface area contributed by atoms with Gasteiger partial charge in [0.05, 0.1) is 6.61 Å². The average molecular weight is 386 g/mol. The van der Waals surface area contributed by atoms with Crippen LogP contribution in [-0.2, 0) is 4.74 Å². The second-order valence-corrected chi connectivity index (χ2v) is 5.42. The average Bonchev–Trinajstić information content (AvgIpc) is 2.92. The molecule has 1 aromatic carbocycles. The number of esters is 1. The molecule has 0 fully saturated rings. The summed E-state index contributed by atoms with van der Waals surface area (Å²) >= 11 is 5.90. The van der Waals surface area contributed by atoms with E-state index in [0.717, 1.165) is 12.1 Å². The van der Waals surface area contributed by atoms with Crippen LogP contribution in [0.5, 0.6) is 5.75 Å². The predicted octanol–water partition coefficient (Wildman–Crippen LogP) is 4.13. The molecular formula is C16H11ClF3N3O3. The topological polar surface area (TPSA) is 65.7 Å². The Morgan fingerprint density at radius 2 is 2.04 bits per heavy atom. The van der Waals surface area contributed by atoms with Crippen molar-refractivity contribution in [3.05, 3.63) is 47.2 Å². The van der Waals surface area contributed by atoms with E-state index in [1.165, 1.54) is 28.8 Å². The van der Waals surface area contributed by atoms with E-state index in [2.05, 4.69) is 14.8 Å². The molecule has 2 heterocycles. The summed E-state index contributed by atoms with van der Waals surface area (Å²) in [5.41, 5.74) is 0.575. The van der Waals surface area contributed by atoms with Gasteiger partial charge in [0, 0.05) is 5.56 Å². The maximum Gasteiger partial charge on any atom is 0.573 e. The Morgan fingerprint density at radius 1 is 1.27 bits per heavy atom. The number of ether oxygens (including phenoxy) is 2. The lowest BCUT2D eigenvalue weighted by Crippen LogP contribution is -2.17. The smallest absolute Gasteiger partial charge is 0.461 e. The number of carbonyl (C=O) groups is 1. The Labute approximate surface area is 150 Å². The Morgan fingerprint density at radius 3 is 2.73 bits per heavy atom. The van der Waals surface area contributed by atoms with Gasteiger partial charge in [-0.25, -0.2) is 14.3 Å². The summed E-state index contributed by atoms with van der Waals surface area (Å²) in [4.78, 5) is 16.4. The minimum atomic E-state index is -4.84. The van der Waals surface area contributed by atoms with Crippen molar-refractivity contribution < 1.29 is 27.4 Å². The molecule has 6 nitrogen and oxygen atoms in total. The summed E-state index contributed by atoms with van der Waals surface area (Å²) in [7, 11) is 0. The van der Waals surface area contributed by atoms with Gasteiger partial charge in [-0.1, -0.05) is 23.7 Å². The minimum absolute atomic E-state index is 0.0919. The number of nitrogens with zero attached hydrogens (tertiary/aromatic N) is 3. The maximum absolute atomic E-state index is 12.5. The highest BCUT2D eigenvalue weighted by atomic mass is 35.5. The van der Waals surface area contributed by atoms with Crippen LogP contribution in [0.15, 0.2) is 36.4 Å². The predicted molar refractivity (Wildman–Crippen MR) is 86.1 cm³/mol. The summed E-state index contributed by atoms with van der Waals surface area (Å²) in [5, 5.41) is 4.19. The molecule has 136 valence electrons. The Hall–Kier alpha value is -2.81. The van der Waals surface area contributed by atoms with E-state index < -0.39 is 18.1 Å². The number of hydrogen-bond donors (Lipinski definition) is 0. The monoisotopic (exact) mass is 385 g/mol. The molecular weight excluding hydrogens is 375 g/mol. The Kier molecular flexibility index (Phi) is 4.73. The molecule has 2 aromatic heterocycles.